The molecule has 0 spiro atoms. The van der Waals surface area contributed by atoms with E-state index in [2.05, 4.69) is 13.8 Å². The quantitative estimate of drug-likeness (QED) is 0.523. The highest BCUT2D eigenvalue weighted by molar-refractivity contribution is 6.30. The largest absolute Gasteiger partial charge is 0.493 e. The lowest BCUT2D eigenvalue weighted by molar-refractivity contribution is 0.295. The minimum absolute atomic E-state index is 0.431. The maximum Gasteiger partial charge on any atom is 0.123 e. The van der Waals surface area contributed by atoms with Crippen molar-refractivity contribution in [3.8, 4) is 5.75 Å². The highest BCUT2D eigenvalue weighted by Gasteiger charge is 2.03. The van der Waals surface area contributed by atoms with Gasteiger partial charge in [0, 0.05) is 10.6 Å². The van der Waals surface area contributed by atoms with Crippen molar-refractivity contribution in [2.45, 2.75) is 32.6 Å². The average Bonchev–Trinajstić information content (AvgIpc) is 2.25. The number of hydrogen-bond donors (Lipinski definition) is 0. The minimum atomic E-state index is 0.431. The van der Waals surface area contributed by atoms with Gasteiger partial charge in [0.25, 0.3) is 0 Å². The van der Waals surface area contributed by atoms with E-state index in [0.717, 1.165) is 30.3 Å². The fourth-order valence-electron chi connectivity index (χ4n) is 1.47. The van der Waals surface area contributed by atoms with Crippen molar-refractivity contribution in [1.29, 1.82) is 0 Å². The normalized spacial score (nSPS) is 10.8. The Morgan fingerprint density at radius 3 is 2.69 bits per heavy atom. The van der Waals surface area contributed by atoms with Crippen LogP contribution in [-0.2, 0) is 5.88 Å². The van der Waals surface area contributed by atoms with Gasteiger partial charge >= 0.3 is 0 Å². The Bertz CT molecular complexity index is 324. The molecule has 0 atom stereocenters. The second-order valence-electron chi connectivity index (χ2n) is 4.27. The predicted molar refractivity (Wildman–Crippen MR) is 70.6 cm³/mol. The molecule has 1 nitrogen and oxygen atoms in total. The van der Waals surface area contributed by atoms with Crippen molar-refractivity contribution in [3.05, 3.63) is 28.8 Å². The van der Waals surface area contributed by atoms with Crippen LogP contribution in [0.25, 0.3) is 0 Å². The summed E-state index contributed by atoms with van der Waals surface area (Å²) in [6.45, 7) is 5.17. The summed E-state index contributed by atoms with van der Waals surface area (Å²) in [7, 11) is 0. The summed E-state index contributed by atoms with van der Waals surface area (Å²) < 4.78 is 5.69. The molecule has 3 heteroatoms. The Kier molecular flexibility index (Phi) is 6.00. The third-order valence-corrected chi connectivity index (χ3v) is 2.87. The Labute approximate surface area is 108 Å². The molecule has 0 fully saturated rings. The van der Waals surface area contributed by atoms with Crippen molar-refractivity contribution in [1.82, 2.24) is 0 Å². The molecule has 0 N–H and O–H groups in total. The van der Waals surface area contributed by atoms with Gasteiger partial charge < -0.3 is 4.74 Å². The molecule has 0 radical (unpaired) electrons. The van der Waals surface area contributed by atoms with Gasteiger partial charge in [0.05, 0.1) is 12.5 Å². The van der Waals surface area contributed by atoms with Gasteiger partial charge in [0.1, 0.15) is 5.75 Å². The Morgan fingerprint density at radius 1 is 1.31 bits per heavy atom. The Morgan fingerprint density at radius 2 is 2.06 bits per heavy atom. The second-order valence-corrected chi connectivity index (χ2v) is 4.97. The Hall–Kier alpha value is -0.400. The fourth-order valence-corrected chi connectivity index (χ4v) is 1.87. The smallest absolute Gasteiger partial charge is 0.123 e. The molecule has 16 heavy (non-hydrogen) atoms. The zero-order valence-corrected chi connectivity index (χ0v) is 11.3. The van der Waals surface area contributed by atoms with E-state index in [1.54, 1.807) is 0 Å². The van der Waals surface area contributed by atoms with Crippen molar-refractivity contribution in [2.24, 2.45) is 5.92 Å². The van der Waals surface area contributed by atoms with Gasteiger partial charge in [-0.25, -0.2) is 0 Å². The maximum atomic E-state index is 5.88. The van der Waals surface area contributed by atoms with Crippen LogP contribution in [0.3, 0.4) is 0 Å². The van der Waals surface area contributed by atoms with Gasteiger partial charge in [-0.2, -0.15) is 0 Å². The van der Waals surface area contributed by atoms with Crippen LogP contribution in [0.5, 0.6) is 5.75 Å². The summed E-state index contributed by atoms with van der Waals surface area (Å²) in [6, 6.07) is 5.57. The standard InChI is InChI=1S/C13H18Cl2O/c1-10(2)4-3-7-16-13-6-5-12(15)8-11(13)9-14/h5-6,8,10H,3-4,7,9H2,1-2H3. The molecule has 1 aromatic carbocycles. The molecule has 0 bridgehead atoms. The van der Waals surface area contributed by atoms with E-state index in [0.29, 0.717) is 10.9 Å². The fraction of sp³-hybridized carbons (Fsp3) is 0.538. The highest BCUT2D eigenvalue weighted by atomic mass is 35.5. The highest BCUT2D eigenvalue weighted by Crippen LogP contribution is 2.24. The molecule has 0 aliphatic rings. The van der Waals surface area contributed by atoms with Crippen LogP contribution in [-0.4, -0.2) is 6.61 Å². The molecule has 0 aromatic heterocycles. The van der Waals surface area contributed by atoms with Crippen molar-refractivity contribution in [2.75, 3.05) is 6.61 Å². The summed E-state index contributed by atoms with van der Waals surface area (Å²) in [6.07, 6.45) is 2.26. The summed E-state index contributed by atoms with van der Waals surface area (Å²) in [5.41, 5.74) is 0.957. The lowest BCUT2D eigenvalue weighted by Gasteiger charge is -2.11. The number of rotatable bonds is 6. The van der Waals surface area contributed by atoms with Crippen LogP contribution in [0.1, 0.15) is 32.3 Å². The molecule has 0 saturated heterocycles. The van der Waals surface area contributed by atoms with Crippen LogP contribution in [0, 0.1) is 5.92 Å². The summed E-state index contributed by atoms with van der Waals surface area (Å²) in [4.78, 5) is 0. The lowest BCUT2D eigenvalue weighted by atomic mass is 10.1. The van der Waals surface area contributed by atoms with E-state index in [1.807, 2.05) is 18.2 Å². The van der Waals surface area contributed by atoms with Crippen LogP contribution in [0.15, 0.2) is 18.2 Å². The van der Waals surface area contributed by atoms with Gasteiger partial charge in [0.2, 0.25) is 0 Å². The van der Waals surface area contributed by atoms with Gasteiger partial charge in [-0.15, -0.1) is 11.6 Å². The zero-order chi connectivity index (χ0) is 12.0. The first-order valence-electron chi connectivity index (χ1n) is 5.60. The molecule has 0 unspecified atom stereocenters. The van der Waals surface area contributed by atoms with Crippen LogP contribution in [0.4, 0.5) is 0 Å². The molecule has 0 aliphatic heterocycles. The van der Waals surface area contributed by atoms with E-state index < -0.39 is 0 Å². The van der Waals surface area contributed by atoms with Crippen molar-refractivity contribution < 1.29 is 4.74 Å². The predicted octanol–water partition coefficient (Wildman–Crippen LogP) is 4.89. The van der Waals surface area contributed by atoms with Crippen molar-refractivity contribution >= 4 is 23.2 Å². The van der Waals surface area contributed by atoms with E-state index in [9.17, 15) is 0 Å². The second kappa shape index (κ2) is 7.03. The minimum Gasteiger partial charge on any atom is -0.493 e. The first-order valence-corrected chi connectivity index (χ1v) is 6.52. The number of ether oxygens (including phenoxy) is 1. The Balaban J connectivity index is 2.47. The molecule has 0 saturated carbocycles. The number of alkyl halides is 1. The number of hydrogen-bond acceptors (Lipinski definition) is 1. The molecule has 0 aliphatic carbocycles. The third-order valence-electron chi connectivity index (χ3n) is 2.35. The number of benzene rings is 1. The third kappa shape index (κ3) is 4.63. The van der Waals surface area contributed by atoms with Crippen LogP contribution in [0.2, 0.25) is 5.02 Å². The molecule has 1 aromatic rings. The van der Waals surface area contributed by atoms with E-state index in [1.165, 1.54) is 6.42 Å². The van der Waals surface area contributed by atoms with E-state index in [-0.39, 0.29) is 0 Å². The van der Waals surface area contributed by atoms with E-state index >= 15 is 0 Å². The van der Waals surface area contributed by atoms with Crippen LogP contribution < -0.4 is 4.74 Å². The first kappa shape index (κ1) is 13.7. The molecule has 0 heterocycles. The summed E-state index contributed by atoms with van der Waals surface area (Å²) in [5.74, 6) is 2.00. The van der Waals surface area contributed by atoms with Crippen molar-refractivity contribution in [3.63, 3.8) is 0 Å². The van der Waals surface area contributed by atoms with Gasteiger partial charge in [-0.3, -0.25) is 0 Å². The molecular weight excluding hydrogens is 243 g/mol. The number of halogens is 2. The molecule has 90 valence electrons. The summed E-state index contributed by atoms with van der Waals surface area (Å²) >= 11 is 11.7. The van der Waals surface area contributed by atoms with Gasteiger partial charge in [-0.05, 0) is 37.0 Å². The molecule has 0 amide bonds. The lowest BCUT2D eigenvalue weighted by Crippen LogP contribution is -2.01. The van der Waals surface area contributed by atoms with Gasteiger partial charge in [0.15, 0.2) is 0 Å². The molecular formula is C13H18Cl2O. The average molecular weight is 261 g/mol. The SMILES string of the molecule is CC(C)CCCOc1ccc(Cl)cc1CCl. The topological polar surface area (TPSA) is 9.23 Å². The van der Waals surface area contributed by atoms with Gasteiger partial charge in [-0.1, -0.05) is 25.4 Å². The maximum absolute atomic E-state index is 5.88. The summed E-state index contributed by atoms with van der Waals surface area (Å²) in [5, 5.41) is 0.699. The zero-order valence-electron chi connectivity index (χ0n) is 9.80. The first-order chi connectivity index (χ1) is 7.63. The monoisotopic (exact) mass is 260 g/mol. The van der Waals surface area contributed by atoms with E-state index in [4.69, 9.17) is 27.9 Å². The molecule has 1 rings (SSSR count). The van der Waals surface area contributed by atoms with Crippen LogP contribution >= 0.6 is 23.2 Å².